The summed E-state index contributed by atoms with van der Waals surface area (Å²) in [5.74, 6) is -1.41. The van der Waals surface area contributed by atoms with Gasteiger partial charge in [-0.15, -0.1) is 0 Å². The van der Waals surface area contributed by atoms with Crippen molar-refractivity contribution in [2.24, 2.45) is 0 Å². The first-order valence-corrected chi connectivity index (χ1v) is 9.16. The Labute approximate surface area is 171 Å². The molecule has 2 rings (SSSR count). The van der Waals surface area contributed by atoms with Gasteiger partial charge in [0.25, 0.3) is 0 Å². The zero-order valence-corrected chi connectivity index (χ0v) is 17.0. The quantitative estimate of drug-likeness (QED) is 0.655. The van der Waals surface area contributed by atoms with Gasteiger partial charge in [-0.3, -0.25) is 19.7 Å². The third-order valence-electron chi connectivity index (χ3n) is 3.89. The molecule has 0 spiro atoms. The van der Waals surface area contributed by atoms with Crippen LogP contribution in [0.15, 0.2) is 60.7 Å². The first kappa shape index (κ1) is 23.8. The molecule has 7 heteroatoms. The Kier molecular flexibility index (Phi) is 11.4. The van der Waals surface area contributed by atoms with E-state index >= 15 is 0 Å². The van der Waals surface area contributed by atoms with E-state index in [0.29, 0.717) is 6.42 Å². The van der Waals surface area contributed by atoms with Crippen molar-refractivity contribution in [1.82, 2.24) is 10.6 Å². The monoisotopic (exact) mass is 400 g/mol. The Morgan fingerprint density at radius 1 is 0.828 bits per heavy atom. The summed E-state index contributed by atoms with van der Waals surface area (Å²) in [5, 5.41) is 5.29. The summed E-state index contributed by atoms with van der Waals surface area (Å²) in [6, 6.07) is 18.9. The van der Waals surface area contributed by atoms with Gasteiger partial charge in [-0.1, -0.05) is 66.2 Å². The number of esters is 2. The summed E-state index contributed by atoms with van der Waals surface area (Å²) in [6.45, 7) is 1.76. The van der Waals surface area contributed by atoms with Crippen LogP contribution in [0.3, 0.4) is 0 Å². The summed E-state index contributed by atoms with van der Waals surface area (Å²) in [7, 11) is 2.51. The summed E-state index contributed by atoms with van der Waals surface area (Å²) < 4.78 is 9.00. The number of carbonyl (C=O) groups excluding carboxylic acids is 3. The average Bonchev–Trinajstić information content (AvgIpc) is 2.76. The van der Waals surface area contributed by atoms with Crippen molar-refractivity contribution in [2.45, 2.75) is 19.4 Å². The van der Waals surface area contributed by atoms with E-state index in [4.69, 9.17) is 0 Å². The molecule has 0 saturated heterocycles. The maximum Gasteiger partial charge on any atom is 0.325 e. The van der Waals surface area contributed by atoms with Gasteiger partial charge in [-0.2, -0.15) is 0 Å². The first-order chi connectivity index (χ1) is 14.0. The lowest BCUT2D eigenvalue weighted by atomic mass is 10.1. The highest BCUT2D eigenvalue weighted by Gasteiger charge is 2.20. The van der Waals surface area contributed by atoms with Crippen LogP contribution in [-0.2, 0) is 30.3 Å². The second kappa shape index (κ2) is 13.9. The first-order valence-electron chi connectivity index (χ1n) is 9.16. The van der Waals surface area contributed by atoms with Gasteiger partial charge >= 0.3 is 11.9 Å². The van der Waals surface area contributed by atoms with Gasteiger partial charge in [0, 0.05) is 0 Å². The SMILES string of the molecule is COC(=O)CNC(=O)C(Cc1ccccc1)NCC(=O)OC.Cc1ccccc1. The normalized spacial score (nSPS) is 10.7. The molecule has 0 aliphatic carbocycles. The largest absolute Gasteiger partial charge is 0.468 e. The lowest BCUT2D eigenvalue weighted by molar-refractivity contribution is -0.142. The summed E-state index contributed by atoms with van der Waals surface area (Å²) in [6.07, 6.45) is 0.380. The number of hydrogen-bond acceptors (Lipinski definition) is 6. The van der Waals surface area contributed by atoms with E-state index in [1.165, 1.54) is 19.8 Å². The maximum atomic E-state index is 12.1. The minimum atomic E-state index is -0.661. The molecular weight excluding hydrogens is 372 g/mol. The van der Waals surface area contributed by atoms with E-state index in [1.54, 1.807) is 0 Å². The number of rotatable bonds is 8. The molecule has 0 heterocycles. The summed E-state index contributed by atoms with van der Waals surface area (Å²) in [4.78, 5) is 34.4. The number of methoxy groups -OCH3 is 2. The van der Waals surface area contributed by atoms with Gasteiger partial charge in [-0.05, 0) is 18.9 Å². The van der Waals surface area contributed by atoms with E-state index in [2.05, 4.69) is 39.2 Å². The third-order valence-corrected chi connectivity index (χ3v) is 3.89. The predicted molar refractivity (Wildman–Crippen MR) is 110 cm³/mol. The predicted octanol–water partition coefficient (Wildman–Crippen LogP) is 1.64. The Balaban J connectivity index is 0.000000502. The van der Waals surface area contributed by atoms with E-state index in [1.807, 2.05) is 48.5 Å². The lowest BCUT2D eigenvalue weighted by Crippen LogP contribution is -2.48. The van der Waals surface area contributed by atoms with Crippen molar-refractivity contribution in [3.63, 3.8) is 0 Å². The van der Waals surface area contributed by atoms with Crippen molar-refractivity contribution in [1.29, 1.82) is 0 Å². The van der Waals surface area contributed by atoms with Crippen LogP contribution in [0, 0.1) is 6.92 Å². The van der Waals surface area contributed by atoms with Crippen LogP contribution in [0.5, 0.6) is 0 Å². The van der Waals surface area contributed by atoms with Crippen molar-refractivity contribution < 1.29 is 23.9 Å². The van der Waals surface area contributed by atoms with Crippen LogP contribution in [0.1, 0.15) is 11.1 Å². The van der Waals surface area contributed by atoms with Gasteiger partial charge in [0.1, 0.15) is 6.54 Å². The van der Waals surface area contributed by atoms with Crippen LogP contribution in [0.2, 0.25) is 0 Å². The highest BCUT2D eigenvalue weighted by Crippen LogP contribution is 2.03. The van der Waals surface area contributed by atoms with Crippen molar-refractivity contribution in [2.75, 3.05) is 27.3 Å². The van der Waals surface area contributed by atoms with Crippen molar-refractivity contribution >= 4 is 17.8 Å². The molecule has 156 valence electrons. The zero-order chi connectivity index (χ0) is 21.5. The van der Waals surface area contributed by atoms with Gasteiger partial charge < -0.3 is 14.8 Å². The highest BCUT2D eigenvalue weighted by molar-refractivity contribution is 5.86. The second-order valence-corrected chi connectivity index (χ2v) is 6.15. The molecule has 1 unspecified atom stereocenters. The minimum absolute atomic E-state index is 0.0976. The number of carbonyl (C=O) groups is 3. The van der Waals surface area contributed by atoms with E-state index in [0.717, 1.165) is 5.56 Å². The van der Waals surface area contributed by atoms with Crippen LogP contribution < -0.4 is 10.6 Å². The van der Waals surface area contributed by atoms with Crippen LogP contribution >= 0.6 is 0 Å². The van der Waals surface area contributed by atoms with Gasteiger partial charge in [0.15, 0.2) is 0 Å². The molecule has 0 bridgehead atoms. The Morgan fingerprint density at radius 2 is 1.34 bits per heavy atom. The van der Waals surface area contributed by atoms with Crippen molar-refractivity contribution in [3.05, 3.63) is 71.8 Å². The van der Waals surface area contributed by atoms with Gasteiger partial charge in [-0.25, -0.2) is 0 Å². The van der Waals surface area contributed by atoms with Crippen LogP contribution in [0.4, 0.5) is 0 Å². The molecule has 0 radical (unpaired) electrons. The molecule has 0 fully saturated rings. The summed E-state index contributed by atoms with van der Waals surface area (Å²) in [5.41, 5.74) is 2.25. The summed E-state index contributed by atoms with van der Waals surface area (Å²) >= 11 is 0. The molecule has 1 atom stereocenters. The van der Waals surface area contributed by atoms with Crippen LogP contribution in [-0.4, -0.2) is 51.2 Å². The fourth-order valence-corrected chi connectivity index (χ4v) is 2.28. The molecule has 1 amide bonds. The standard InChI is InChI=1S/C15H20N2O5.C7H8/c1-21-13(18)9-16-12(8-11-6-4-3-5-7-11)15(20)17-10-14(19)22-2;1-7-5-3-2-4-6-7/h3-7,12,16H,8-10H2,1-2H3,(H,17,20);2-6H,1H3. The molecule has 2 N–H and O–H groups in total. The molecule has 29 heavy (non-hydrogen) atoms. The molecule has 2 aromatic carbocycles. The Hall–Kier alpha value is -3.19. The topological polar surface area (TPSA) is 93.7 Å². The smallest absolute Gasteiger partial charge is 0.325 e. The average molecular weight is 400 g/mol. The molecule has 0 aliphatic heterocycles. The minimum Gasteiger partial charge on any atom is -0.468 e. The number of hydrogen-bond donors (Lipinski definition) is 2. The fraction of sp³-hybridized carbons (Fsp3) is 0.318. The number of amides is 1. The van der Waals surface area contributed by atoms with E-state index < -0.39 is 23.9 Å². The van der Waals surface area contributed by atoms with Crippen LogP contribution in [0.25, 0.3) is 0 Å². The number of benzene rings is 2. The number of nitrogens with one attached hydrogen (secondary N) is 2. The third kappa shape index (κ3) is 10.7. The lowest BCUT2D eigenvalue weighted by Gasteiger charge is -2.17. The molecular formula is C22H28N2O5. The fourth-order valence-electron chi connectivity index (χ4n) is 2.28. The molecule has 0 aromatic heterocycles. The zero-order valence-electron chi connectivity index (χ0n) is 17.0. The van der Waals surface area contributed by atoms with E-state index in [-0.39, 0.29) is 13.1 Å². The maximum absolute atomic E-state index is 12.1. The Morgan fingerprint density at radius 3 is 1.83 bits per heavy atom. The molecule has 2 aromatic rings. The van der Waals surface area contributed by atoms with Gasteiger partial charge in [0.05, 0.1) is 26.8 Å². The molecule has 0 aliphatic rings. The number of ether oxygens (including phenoxy) is 2. The highest BCUT2D eigenvalue weighted by atomic mass is 16.5. The second-order valence-electron chi connectivity index (χ2n) is 6.15. The number of aryl methyl sites for hydroxylation is 1. The van der Waals surface area contributed by atoms with Gasteiger partial charge in [0.2, 0.25) is 5.91 Å². The molecule has 0 saturated carbocycles. The molecule has 7 nitrogen and oxygen atoms in total. The van der Waals surface area contributed by atoms with E-state index in [9.17, 15) is 14.4 Å². The van der Waals surface area contributed by atoms with Crippen molar-refractivity contribution in [3.8, 4) is 0 Å². The Bertz CT molecular complexity index is 750.